The maximum absolute atomic E-state index is 11.1. The lowest BCUT2D eigenvalue weighted by molar-refractivity contribution is -0.144. The van der Waals surface area contributed by atoms with Crippen molar-refractivity contribution in [3.63, 3.8) is 0 Å². The molecule has 24 heavy (non-hydrogen) atoms. The van der Waals surface area contributed by atoms with E-state index < -0.39 is 5.97 Å². The van der Waals surface area contributed by atoms with Crippen molar-refractivity contribution < 1.29 is 24.5 Å². The number of hydrogen-bond acceptors (Lipinski definition) is 4. The van der Waals surface area contributed by atoms with Crippen LogP contribution in [0.25, 0.3) is 0 Å². The second kappa shape index (κ2) is 16.7. The number of carboxylic acid groups (broad SMARTS) is 1. The number of carbonyl (C=O) groups excluding carboxylic acids is 1. The van der Waals surface area contributed by atoms with E-state index in [9.17, 15) is 9.59 Å². The Labute approximate surface area is 147 Å². The lowest BCUT2D eigenvalue weighted by Gasteiger charge is -2.19. The van der Waals surface area contributed by atoms with Crippen LogP contribution in [0.5, 0.6) is 0 Å². The van der Waals surface area contributed by atoms with Crippen LogP contribution in [0.15, 0.2) is 0 Å². The van der Waals surface area contributed by atoms with Crippen molar-refractivity contribution in [2.75, 3.05) is 13.2 Å². The van der Waals surface area contributed by atoms with E-state index in [1.807, 2.05) is 13.8 Å². The lowest BCUT2D eigenvalue weighted by Crippen LogP contribution is -2.17. The quantitative estimate of drug-likeness (QED) is 0.377. The first kappa shape index (κ1) is 25.1. The van der Waals surface area contributed by atoms with Gasteiger partial charge in [-0.25, -0.2) is 0 Å². The third-order valence-electron chi connectivity index (χ3n) is 3.69. The first-order valence-electron chi connectivity index (χ1n) is 9.27. The van der Waals surface area contributed by atoms with E-state index in [4.69, 9.17) is 14.9 Å². The Morgan fingerprint density at radius 1 is 0.917 bits per heavy atom. The van der Waals surface area contributed by atoms with Gasteiger partial charge in [0.2, 0.25) is 0 Å². The zero-order chi connectivity index (χ0) is 18.8. The molecule has 2 N–H and O–H groups in total. The van der Waals surface area contributed by atoms with Gasteiger partial charge in [0.15, 0.2) is 0 Å². The first-order chi connectivity index (χ1) is 11.3. The Kier molecular flexibility index (Phi) is 17.5. The van der Waals surface area contributed by atoms with Gasteiger partial charge in [0.1, 0.15) is 0 Å². The highest BCUT2D eigenvalue weighted by atomic mass is 16.5. The van der Waals surface area contributed by atoms with E-state index >= 15 is 0 Å². The molecule has 0 fully saturated rings. The van der Waals surface area contributed by atoms with Gasteiger partial charge >= 0.3 is 11.9 Å². The number of esters is 1. The first-order valence-corrected chi connectivity index (χ1v) is 9.27. The summed E-state index contributed by atoms with van der Waals surface area (Å²) in [6, 6.07) is 0. The summed E-state index contributed by atoms with van der Waals surface area (Å²) in [5, 5.41) is 17.0. The van der Waals surface area contributed by atoms with Crippen LogP contribution in [-0.4, -0.2) is 35.4 Å². The van der Waals surface area contributed by atoms with Crippen LogP contribution in [0.4, 0.5) is 0 Å². The fourth-order valence-corrected chi connectivity index (χ4v) is 1.81. The van der Waals surface area contributed by atoms with Gasteiger partial charge in [0.05, 0.1) is 6.61 Å². The molecule has 0 aromatic rings. The predicted octanol–water partition coefficient (Wildman–Crippen LogP) is 4.56. The molecule has 5 nitrogen and oxygen atoms in total. The molecule has 0 aliphatic rings. The largest absolute Gasteiger partial charge is 0.481 e. The normalized spacial score (nSPS) is 10.7. The number of aliphatic hydroxyl groups excluding tert-OH is 1. The van der Waals surface area contributed by atoms with Crippen molar-refractivity contribution in [2.24, 2.45) is 5.41 Å². The molecule has 0 bridgehead atoms. The molecule has 0 aromatic heterocycles. The molecular formula is C19H38O5. The standard InChI is InChI=1S/C12H24O2.C7H14O3/c1-3-5-7-8-9-11-14-12(13)10-6-4-2;1-7(2,5-8)4-3-6(9)10/h3-11H2,1-2H3;8H,3-5H2,1-2H3,(H,9,10). The van der Waals surface area contributed by atoms with Gasteiger partial charge in [0.25, 0.3) is 0 Å². The van der Waals surface area contributed by atoms with E-state index in [-0.39, 0.29) is 24.4 Å². The minimum atomic E-state index is -0.804. The number of carboxylic acids is 1. The van der Waals surface area contributed by atoms with Gasteiger partial charge in [-0.1, -0.05) is 59.8 Å². The average molecular weight is 347 g/mol. The number of ether oxygens (including phenoxy) is 1. The number of rotatable bonds is 13. The highest BCUT2D eigenvalue weighted by Crippen LogP contribution is 2.20. The predicted molar refractivity (Wildman–Crippen MR) is 97.0 cm³/mol. The molecule has 0 heterocycles. The zero-order valence-electron chi connectivity index (χ0n) is 16.1. The summed E-state index contributed by atoms with van der Waals surface area (Å²) in [7, 11) is 0. The van der Waals surface area contributed by atoms with Gasteiger partial charge in [-0.15, -0.1) is 0 Å². The van der Waals surface area contributed by atoms with Gasteiger partial charge in [0, 0.05) is 19.4 Å². The molecular weight excluding hydrogens is 308 g/mol. The summed E-state index contributed by atoms with van der Waals surface area (Å²) in [4.78, 5) is 21.1. The number of unbranched alkanes of at least 4 members (excludes halogenated alkanes) is 5. The molecule has 0 aliphatic carbocycles. The fraction of sp³-hybridized carbons (Fsp3) is 0.895. The van der Waals surface area contributed by atoms with E-state index in [0.29, 0.717) is 19.4 Å². The van der Waals surface area contributed by atoms with Crippen molar-refractivity contribution in [3.8, 4) is 0 Å². The molecule has 0 saturated carbocycles. The van der Waals surface area contributed by atoms with Crippen LogP contribution in [0.2, 0.25) is 0 Å². The maximum Gasteiger partial charge on any atom is 0.305 e. The van der Waals surface area contributed by atoms with E-state index in [1.165, 1.54) is 25.7 Å². The van der Waals surface area contributed by atoms with Crippen molar-refractivity contribution in [1.82, 2.24) is 0 Å². The Balaban J connectivity index is 0. The van der Waals surface area contributed by atoms with Gasteiger partial charge in [-0.05, 0) is 24.7 Å². The summed E-state index contributed by atoms with van der Waals surface area (Å²) >= 11 is 0. The Morgan fingerprint density at radius 3 is 2.00 bits per heavy atom. The van der Waals surface area contributed by atoms with Crippen molar-refractivity contribution >= 4 is 11.9 Å². The molecule has 0 amide bonds. The van der Waals surface area contributed by atoms with Crippen molar-refractivity contribution in [1.29, 1.82) is 0 Å². The summed E-state index contributed by atoms with van der Waals surface area (Å²) in [6.45, 7) is 8.63. The molecule has 0 rings (SSSR count). The molecule has 0 atom stereocenters. The second-order valence-corrected chi connectivity index (χ2v) is 6.95. The van der Waals surface area contributed by atoms with Crippen LogP contribution in [0.1, 0.15) is 91.9 Å². The summed E-state index contributed by atoms with van der Waals surface area (Å²) < 4.78 is 5.09. The molecule has 5 heteroatoms. The van der Waals surface area contributed by atoms with E-state index in [1.54, 1.807) is 0 Å². The van der Waals surface area contributed by atoms with Gasteiger partial charge in [-0.3, -0.25) is 9.59 Å². The van der Waals surface area contributed by atoms with Crippen molar-refractivity contribution in [3.05, 3.63) is 0 Å². The summed E-state index contributed by atoms with van der Waals surface area (Å²) in [6.07, 6.45) is 9.30. The van der Waals surface area contributed by atoms with Gasteiger partial charge in [-0.2, -0.15) is 0 Å². The topological polar surface area (TPSA) is 83.8 Å². The number of aliphatic hydroxyl groups is 1. The second-order valence-electron chi connectivity index (χ2n) is 6.95. The third-order valence-corrected chi connectivity index (χ3v) is 3.69. The third kappa shape index (κ3) is 20.9. The lowest BCUT2D eigenvalue weighted by atomic mass is 9.89. The minimum absolute atomic E-state index is 0.0256. The number of carbonyl (C=O) groups is 2. The fourth-order valence-electron chi connectivity index (χ4n) is 1.81. The van der Waals surface area contributed by atoms with Crippen LogP contribution in [0.3, 0.4) is 0 Å². The van der Waals surface area contributed by atoms with Crippen LogP contribution in [-0.2, 0) is 14.3 Å². The van der Waals surface area contributed by atoms with E-state index in [2.05, 4.69) is 13.8 Å². The average Bonchev–Trinajstić information content (AvgIpc) is 2.55. The Bertz CT molecular complexity index is 313. The number of hydrogen-bond donors (Lipinski definition) is 2. The monoisotopic (exact) mass is 346 g/mol. The van der Waals surface area contributed by atoms with Crippen LogP contribution in [0, 0.1) is 5.41 Å². The molecule has 0 aromatic carbocycles. The number of aliphatic carboxylic acids is 1. The molecule has 0 radical (unpaired) electrons. The zero-order valence-corrected chi connectivity index (χ0v) is 16.1. The Hall–Kier alpha value is -1.10. The summed E-state index contributed by atoms with van der Waals surface area (Å²) in [5.74, 6) is -0.830. The molecule has 0 spiro atoms. The smallest absolute Gasteiger partial charge is 0.305 e. The molecule has 144 valence electrons. The minimum Gasteiger partial charge on any atom is -0.481 e. The Morgan fingerprint density at radius 2 is 1.50 bits per heavy atom. The SMILES string of the molecule is CC(C)(CO)CCC(=O)O.CCCCCCCOC(=O)CCCC. The van der Waals surface area contributed by atoms with Crippen LogP contribution < -0.4 is 0 Å². The molecule has 0 saturated heterocycles. The van der Waals surface area contributed by atoms with Gasteiger partial charge < -0.3 is 14.9 Å². The highest BCUT2D eigenvalue weighted by molar-refractivity contribution is 5.69. The molecule has 0 aliphatic heterocycles. The molecule has 0 unspecified atom stereocenters. The van der Waals surface area contributed by atoms with Crippen molar-refractivity contribution in [2.45, 2.75) is 91.9 Å². The summed E-state index contributed by atoms with van der Waals surface area (Å²) in [5.41, 5.74) is -0.252. The van der Waals surface area contributed by atoms with E-state index in [0.717, 1.165) is 19.3 Å². The highest BCUT2D eigenvalue weighted by Gasteiger charge is 2.17. The van der Waals surface area contributed by atoms with Crippen LogP contribution >= 0.6 is 0 Å². The maximum atomic E-state index is 11.1.